The van der Waals surface area contributed by atoms with Gasteiger partial charge >= 0.3 is 0 Å². The van der Waals surface area contributed by atoms with Crippen LogP contribution in [0.15, 0.2) is 109 Å². The van der Waals surface area contributed by atoms with Gasteiger partial charge in [0.05, 0.1) is 0 Å². The Kier molecular flexibility index (Phi) is 6.89. The lowest BCUT2D eigenvalue weighted by atomic mass is 9.97. The zero-order chi connectivity index (χ0) is 26.6. The number of amides is 2. The first-order valence-corrected chi connectivity index (χ1v) is 13.1. The van der Waals surface area contributed by atoms with E-state index in [-0.39, 0.29) is 25.0 Å². The minimum absolute atomic E-state index is 0.187. The summed E-state index contributed by atoms with van der Waals surface area (Å²) in [6.45, 7) is 0.384. The molecule has 0 aliphatic rings. The average molecular weight is 513 g/mol. The van der Waals surface area contributed by atoms with Crippen LogP contribution in [0.4, 0.5) is 0 Å². The van der Waals surface area contributed by atoms with Gasteiger partial charge in [-0.3, -0.25) is 9.59 Å². The van der Waals surface area contributed by atoms with Crippen LogP contribution in [0, 0.1) is 0 Å². The van der Waals surface area contributed by atoms with Crippen molar-refractivity contribution in [3.8, 4) is 0 Å². The molecule has 0 radical (unpaired) electrons. The van der Waals surface area contributed by atoms with Crippen LogP contribution in [0.25, 0.3) is 43.1 Å². The summed E-state index contributed by atoms with van der Waals surface area (Å²) in [4.78, 5) is 25.1. The van der Waals surface area contributed by atoms with E-state index in [1.54, 1.807) is 0 Å². The van der Waals surface area contributed by atoms with Crippen molar-refractivity contribution in [2.45, 2.75) is 13.1 Å². The van der Waals surface area contributed by atoms with E-state index in [1.165, 1.54) is 0 Å². The lowest BCUT2D eigenvalue weighted by Gasteiger charge is -2.13. The van der Waals surface area contributed by atoms with Gasteiger partial charge in [-0.1, -0.05) is 97.1 Å². The molecule has 0 aromatic heterocycles. The van der Waals surface area contributed by atoms with Gasteiger partial charge in [0.1, 0.15) is 13.2 Å². The zero-order valence-corrected chi connectivity index (χ0v) is 21.4. The zero-order valence-electron chi connectivity index (χ0n) is 21.4. The third kappa shape index (κ3) is 5.17. The molecule has 6 aromatic rings. The Bertz CT molecular complexity index is 1600. The van der Waals surface area contributed by atoms with E-state index in [2.05, 4.69) is 71.3 Å². The molecule has 5 heteroatoms. The van der Waals surface area contributed by atoms with Crippen LogP contribution in [0.5, 0.6) is 0 Å². The molecule has 6 rings (SSSR count). The van der Waals surface area contributed by atoms with E-state index in [4.69, 9.17) is 4.74 Å². The monoisotopic (exact) mass is 512 g/mol. The number of hydrogen-bond donors (Lipinski definition) is 2. The second-order valence-electron chi connectivity index (χ2n) is 9.64. The molecule has 0 fully saturated rings. The first kappa shape index (κ1) is 24.6. The largest absolute Gasteiger partial charge is 0.362 e. The van der Waals surface area contributed by atoms with Gasteiger partial charge in [0.2, 0.25) is 11.8 Å². The van der Waals surface area contributed by atoms with Gasteiger partial charge in [0.25, 0.3) is 0 Å². The van der Waals surface area contributed by atoms with Crippen LogP contribution in [-0.4, -0.2) is 25.0 Å². The molecule has 0 bridgehead atoms. The number of nitrogens with one attached hydrogen (secondary N) is 2. The van der Waals surface area contributed by atoms with E-state index in [0.29, 0.717) is 13.1 Å². The van der Waals surface area contributed by atoms with E-state index >= 15 is 0 Å². The Labute approximate surface area is 226 Å². The Balaban J connectivity index is 1.06. The number of ether oxygens (including phenoxy) is 1. The highest BCUT2D eigenvalue weighted by Crippen LogP contribution is 2.29. The van der Waals surface area contributed by atoms with Crippen LogP contribution in [-0.2, 0) is 27.4 Å². The Morgan fingerprint density at radius 3 is 1.13 bits per heavy atom. The molecule has 6 aromatic carbocycles. The van der Waals surface area contributed by atoms with Crippen molar-refractivity contribution in [1.29, 1.82) is 0 Å². The molecule has 0 saturated heterocycles. The molecular formula is C34H28N2O3. The normalized spacial score (nSPS) is 11.3. The summed E-state index contributed by atoms with van der Waals surface area (Å²) in [6, 6.07) is 37.0. The van der Waals surface area contributed by atoms with Crippen molar-refractivity contribution in [3.05, 3.63) is 120 Å². The topological polar surface area (TPSA) is 67.4 Å². The number of carbonyl (C=O) groups excluding carboxylic acids is 2. The molecule has 0 spiro atoms. The number of fused-ring (bicyclic) bond motifs is 4. The maximum atomic E-state index is 12.6. The third-order valence-electron chi connectivity index (χ3n) is 7.16. The van der Waals surface area contributed by atoms with Gasteiger partial charge in [-0.2, -0.15) is 0 Å². The highest BCUT2D eigenvalue weighted by Gasteiger charge is 2.12. The lowest BCUT2D eigenvalue weighted by Crippen LogP contribution is -2.31. The molecule has 0 aliphatic carbocycles. The predicted molar refractivity (Wildman–Crippen MR) is 157 cm³/mol. The highest BCUT2D eigenvalue weighted by molar-refractivity contribution is 6.03. The van der Waals surface area contributed by atoms with Crippen LogP contribution >= 0.6 is 0 Å². The molecule has 0 unspecified atom stereocenters. The fraction of sp³-hybridized carbons (Fsp3) is 0.118. The van der Waals surface area contributed by atoms with Gasteiger partial charge < -0.3 is 15.4 Å². The molecule has 192 valence electrons. The minimum Gasteiger partial charge on any atom is -0.362 e. The molecule has 2 N–H and O–H groups in total. The van der Waals surface area contributed by atoms with Crippen molar-refractivity contribution in [3.63, 3.8) is 0 Å². The standard InChI is InChI=1S/C34H28N2O3/c37-33(35-19-31-27-13-5-1-9-23(27)17-24-10-2-6-14-28(24)31)21-39-22-34(38)36-20-32-29-15-7-3-11-25(29)18-26-12-4-8-16-30(26)32/h1-18H,19-22H2,(H,35,37)(H,36,38). The second kappa shape index (κ2) is 10.9. The SMILES string of the molecule is O=C(COCC(=O)NCc1c2ccccc2cc2ccccc12)NCc1c2ccccc2cc2ccccc12. The Morgan fingerprint density at radius 2 is 0.795 bits per heavy atom. The van der Waals surface area contributed by atoms with Gasteiger partial charge in [0.15, 0.2) is 0 Å². The summed E-state index contributed by atoms with van der Waals surface area (Å²) in [5.41, 5.74) is 2.13. The van der Waals surface area contributed by atoms with Crippen molar-refractivity contribution in [2.24, 2.45) is 0 Å². The number of benzene rings is 6. The molecule has 2 amide bonds. The number of carbonyl (C=O) groups is 2. The van der Waals surface area contributed by atoms with Crippen LogP contribution in [0.3, 0.4) is 0 Å². The van der Waals surface area contributed by atoms with Gasteiger partial charge in [-0.15, -0.1) is 0 Å². The first-order valence-electron chi connectivity index (χ1n) is 13.1. The lowest BCUT2D eigenvalue weighted by molar-refractivity contribution is -0.131. The summed E-state index contributed by atoms with van der Waals surface area (Å²) < 4.78 is 5.46. The predicted octanol–water partition coefficient (Wildman–Crippen LogP) is 6.25. The molecule has 0 atom stereocenters. The Hall–Kier alpha value is -4.74. The van der Waals surface area contributed by atoms with E-state index < -0.39 is 0 Å². The van der Waals surface area contributed by atoms with Gasteiger partial charge in [-0.25, -0.2) is 0 Å². The molecule has 39 heavy (non-hydrogen) atoms. The quantitative estimate of drug-likeness (QED) is 0.237. The van der Waals surface area contributed by atoms with Gasteiger partial charge in [0, 0.05) is 13.1 Å². The minimum atomic E-state index is -0.264. The van der Waals surface area contributed by atoms with Crippen molar-refractivity contribution in [1.82, 2.24) is 10.6 Å². The molecular weight excluding hydrogens is 484 g/mol. The summed E-state index contributed by atoms with van der Waals surface area (Å²) in [6.07, 6.45) is 0. The van der Waals surface area contributed by atoms with E-state index in [1.807, 2.05) is 48.5 Å². The van der Waals surface area contributed by atoms with Gasteiger partial charge in [-0.05, 0) is 66.3 Å². The first-order chi connectivity index (χ1) is 19.2. The smallest absolute Gasteiger partial charge is 0.246 e. The fourth-order valence-corrected chi connectivity index (χ4v) is 5.31. The number of hydrogen-bond acceptors (Lipinski definition) is 3. The van der Waals surface area contributed by atoms with Crippen LogP contribution in [0.2, 0.25) is 0 Å². The Morgan fingerprint density at radius 1 is 0.487 bits per heavy atom. The summed E-state index contributed by atoms with van der Waals surface area (Å²) >= 11 is 0. The molecule has 0 aliphatic heterocycles. The maximum Gasteiger partial charge on any atom is 0.246 e. The number of rotatable bonds is 8. The third-order valence-corrected chi connectivity index (χ3v) is 7.16. The second-order valence-corrected chi connectivity index (χ2v) is 9.64. The van der Waals surface area contributed by atoms with E-state index in [9.17, 15) is 9.59 Å². The van der Waals surface area contributed by atoms with Crippen LogP contribution in [0.1, 0.15) is 11.1 Å². The maximum absolute atomic E-state index is 12.6. The molecule has 5 nitrogen and oxygen atoms in total. The summed E-state index contributed by atoms with van der Waals surface area (Å²) in [7, 11) is 0. The fourth-order valence-electron chi connectivity index (χ4n) is 5.31. The van der Waals surface area contributed by atoms with Crippen molar-refractivity contribution in [2.75, 3.05) is 13.2 Å². The van der Waals surface area contributed by atoms with Crippen LogP contribution < -0.4 is 10.6 Å². The summed E-state index contributed by atoms with van der Waals surface area (Å²) in [5, 5.41) is 14.9. The van der Waals surface area contributed by atoms with E-state index in [0.717, 1.165) is 54.2 Å². The average Bonchev–Trinajstić information content (AvgIpc) is 2.97. The van der Waals surface area contributed by atoms with Crippen molar-refractivity contribution < 1.29 is 14.3 Å². The molecule has 0 saturated carbocycles. The van der Waals surface area contributed by atoms with Crippen molar-refractivity contribution >= 4 is 54.9 Å². The summed E-state index contributed by atoms with van der Waals surface area (Å²) in [5.74, 6) is -0.528. The molecule has 0 heterocycles. The highest BCUT2D eigenvalue weighted by atomic mass is 16.5.